The molecule has 2 rings (SSSR count). The SMILES string of the molecule is CC(C)(C)c1cc(Oc2c(Cl)cc(N/N=C(/C#N)C(=O)NC(=O)O)cc2Cl)n[nH]c1=O. The molecule has 0 unspecified atom stereocenters. The predicted octanol–water partition coefficient (Wildman–Crippen LogP) is 3.25. The number of hydrogen-bond acceptors (Lipinski definition) is 8. The number of aromatic nitrogens is 2. The number of nitrogens with one attached hydrogen (secondary N) is 3. The first-order chi connectivity index (χ1) is 14.4. The molecule has 162 valence electrons. The number of amides is 2. The third-order valence-electron chi connectivity index (χ3n) is 3.63. The summed E-state index contributed by atoms with van der Waals surface area (Å²) in [5.74, 6) is -1.11. The maximum atomic E-state index is 12.0. The summed E-state index contributed by atoms with van der Waals surface area (Å²) in [4.78, 5) is 34.0. The Morgan fingerprint density at radius 2 is 1.87 bits per heavy atom. The number of halogens is 2. The van der Waals surface area contributed by atoms with E-state index < -0.39 is 23.1 Å². The minimum atomic E-state index is -1.63. The molecule has 13 heteroatoms. The van der Waals surface area contributed by atoms with E-state index in [-0.39, 0.29) is 32.9 Å². The lowest BCUT2D eigenvalue weighted by Gasteiger charge is -2.18. The standard InChI is InChI=1S/C18H16Cl2N6O5/c1-18(2,3)9-6-13(25-26-15(9)27)31-14-10(19)4-8(5-11(14)20)23-24-12(7-21)16(28)22-17(29)30/h4-6,23H,1-3H3,(H,22,28)(H,26,27)(H,29,30)/b24-12-. The van der Waals surface area contributed by atoms with Crippen molar-refractivity contribution in [3.05, 3.63) is 44.2 Å². The largest absolute Gasteiger partial charge is 0.465 e. The van der Waals surface area contributed by atoms with Gasteiger partial charge < -0.3 is 9.84 Å². The topological polar surface area (TPSA) is 170 Å². The Morgan fingerprint density at radius 1 is 1.26 bits per heavy atom. The molecule has 0 fully saturated rings. The molecule has 4 N–H and O–H groups in total. The minimum Gasteiger partial charge on any atom is -0.465 e. The highest BCUT2D eigenvalue weighted by Gasteiger charge is 2.20. The van der Waals surface area contributed by atoms with Crippen LogP contribution in [0.3, 0.4) is 0 Å². The van der Waals surface area contributed by atoms with Gasteiger partial charge in [-0.05, 0) is 17.5 Å². The van der Waals surface area contributed by atoms with Gasteiger partial charge in [0.25, 0.3) is 11.5 Å². The molecular formula is C18H16Cl2N6O5. The summed E-state index contributed by atoms with van der Waals surface area (Å²) < 4.78 is 5.62. The van der Waals surface area contributed by atoms with Gasteiger partial charge in [0.15, 0.2) is 5.75 Å². The average molecular weight is 467 g/mol. The average Bonchev–Trinajstić information content (AvgIpc) is 2.65. The van der Waals surface area contributed by atoms with Gasteiger partial charge in [-0.1, -0.05) is 44.0 Å². The Balaban J connectivity index is 2.28. The van der Waals surface area contributed by atoms with Crippen molar-refractivity contribution >= 4 is 46.6 Å². The van der Waals surface area contributed by atoms with Crippen LogP contribution in [0.1, 0.15) is 26.3 Å². The van der Waals surface area contributed by atoms with Crippen LogP contribution < -0.4 is 21.0 Å². The number of carboxylic acid groups (broad SMARTS) is 1. The van der Waals surface area contributed by atoms with Crippen molar-refractivity contribution in [3.63, 3.8) is 0 Å². The number of hydrazone groups is 1. The fourth-order valence-electron chi connectivity index (χ4n) is 2.23. The van der Waals surface area contributed by atoms with E-state index in [1.54, 1.807) is 0 Å². The van der Waals surface area contributed by atoms with Gasteiger partial charge in [0.05, 0.1) is 15.7 Å². The van der Waals surface area contributed by atoms with Crippen LogP contribution >= 0.6 is 23.2 Å². The second-order valence-corrected chi connectivity index (χ2v) is 7.83. The normalized spacial score (nSPS) is 11.4. The second-order valence-electron chi connectivity index (χ2n) is 7.01. The highest BCUT2D eigenvalue weighted by Crippen LogP contribution is 2.38. The van der Waals surface area contributed by atoms with Crippen LogP contribution in [0.15, 0.2) is 28.1 Å². The number of nitriles is 1. The number of benzene rings is 1. The third-order valence-corrected chi connectivity index (χ3v) is 4.19. The molecule has 0 aliphatic carbocycles. The first kappa shape index (κ1) is 23.7. The van der Waals surface area contributed by atoms with Gasteiger partial charge in [-0.2, -0.15) is 10.4 Å². The Bertz CT molecular complexity index is 1140. The number of anilines is 1. The van der Waals surface area contributed by atoms with Gasteiger partial charge >= 0.3 is 6.09 Å². The van der Waals surface area contributed by atoms with Crippen molar-refractivity contribution in [1.82, 2.24) is 15.5 Å². The van der Waals surface area contributed by atoms with Crippen molar-refractivity contribution < 1.29 is 19.4 Å². The smallest absolute Gasteiger partial charge is 0.411 e. The lowest BCUT2D eigenvalue weighted by Crippen LogP contribution is -2.34. The Kier molecular flexibility index (Phi) is 7.22. The minimum absolute atomic E-state index is 0.0315. The molecule has 1 aromatic heterocycles. The van der Waals surface area contributed by atoms with Gasteiger partial charge in [0.2, 0.25) is 11.6 Å². The summed E-state index contributed by atoms with van der Waals surface area (Å²) >= 11 is 12.4. The molecule has 0 spiro atoms. The van der Waals surface area contributed by atoms with Crippen LogP contribution in [0.2, 0.25) is 10.0 Å². The van der Waals surface area contributed by atoms with Crippen LogP contribution in [0.25, 0.3) is 0 Å². The van der Waals surface area contributed by atoms with Crippen LogP contribution in [-0.4, -0.2) is 33.0 Å². The highest BCUT2D eigenvalue weighted by molar-refractivity contribution is 6.46. The number of ether oxygens (including phenoxy) is 1. The number of hydrogen-bond donors (Lipinski definition) is 4. The monoisotopic (exact) mass is 466 g/mol. The summed E-state index contributed by atoms with van der Waals surface area (Å²) in [6, 6.07) is 5.61. The number of carbonyl (C=O) groups is 2. The molecule has 0 aliphatic rings. The zero-order valence-corrected chi connectivity index (χ0v) is 17.9. The summed E-state index contributed by atoms with van der Waals surface area (Å²) in [6.45, 7) is 5.57. The first-order valence-electron chi connectivity index (χ1n) is 8.47. The van der Waals surface area contributed by atoms with Crippen LogP contribution in [0, 0.1) is 11.3 Å². The summed E-state index contributed by atoms with van der Waals surface area (Å²) in [6.07, 6.45) is -1.63. The second kappa shape index (κ2) is 9.46. The molecule has 1 heterocycles. The molecule has 0 bridgehead atoms. The fourth-order valence-corrected chi connectivity index (χ4v) is 2.79. The fraction of sp³-hybridized carbons (Fsp3) is 0.222. The molecule has 0 aliphatic heterocycles. The maximum absolute atomic E-state index is 12.0. The lowest BCUT2D eigenvalue weighted by molar-refractivity contribution is -0.114. The van der Waals surface area contributed by atoms with Gasteiger partial charge in [0.1, 0.15) is 6.07 Å². The Hall–Kier alpha value is -3.62. The van der Waals surface area contributed by atoms with E-state index in [4.69, 9.17) is 38.3 Å². The highest BCUT2D eigenvalue weighted by atomic mass is 35.5. The zero-order chi connectivity index (χ0) is 23.3. The summed E-state index contributed by atoms with van der Waals surface area (Å²) in [5, 5.41) is 28.7. The summed E-state index contributed by atoms with van der Waals surface area (Å²) in [5.41, 5.74) is 1.47. The van der Waals surface area contributed by atoms with Crippen molar-refractivity contribution in [2.24, 2.45) is 5.10 Å². The van der Waals surface area contributed by atoms with Gasteiger partial charge in [-0.15, -0.1) is 5.10 Å². The van der Waals surface area contributed by atoms with E-state index in [1.165, 1.54) is 29.6 Å². The third kappa shape index (κ3) is 6.18. The van der Waals surface area contributed by atoms with Crippen molar-refractivity contribution in [2.75, 3.05) is 5.43 Å². The number of nitrogens with zero attached hydrogens (tertiary/aromatic N) is 3. The maximum Gasteiger partial charge on any atom is 0.411 e. The first-order valence-corrected chi connectivity index (χ1v) is 9.23. The number of rotatable bonds is 5. The van der Waals surface area contributed by atoms with E-state index >= 15 is 0 Å². The van der Waals surface area contributed by atoms with E-state index in [1.807, 2.05) is 20.8 Å². The Morgan fingerprint density at radius 3 is 2.39 bits per heavy atom. The number of aromatic amines is 1. The van der Waals surface area contributed by atoms with Gasteiger partial charge in [-0.3, -0.25) is 20.3 Å². The lowest BCUT2D eigenvalue weighted by atomic mass is 9.88. The molecule has 2 amide bonds. The quantitative estimate of drug-likeness (QED) is 0.384. The molecule has 0 atom stereocenters. The van der Waals surface area contributed by atoms with E-state index in [9.17, 15) is 14.4 Å². The molecule has 2 aromatic rings. The molecule has 31 heavy (non-hydrogen) atoms. The van der Waals surface area contributed by atoms with Crippen molar-refractivity contribution in [3.8, 4) is 17.7 Å². The molecule has 11 nitrogen and oxygen atoms in total. The van der Waals surface area contributed by atoms with Crippen LogP contribution in [0.4, 0.5) is 10.5 Å². The number of carbonyl (C=O) groups excluding carboxylic acids is 1. The van der Waals surface area contributed by atoms with Gasteiger partial charge in [-0.25, -0.2) is 9.89 Å². The Labute approximate surface area is 185 Å². The van der Waals surface area contributed by atoms with E-state index in [0.717, 1.165) is 0 Å². The molecule has 0 radical (unpaired) electrons. The van der Waals surface area contributed by atoms with Crippen molar-refractivity contribution in [2.45, 2.75) is 26.2 Å². The molecule has 0 saturated carbocycles. The molecule has 1 aromatic carbocycles. The van der Waals surface area contributed by atoms with Gasteiger partial charge in [0, 0.05) is 11.6 Å². The molecular weight excluding hydrogens is 451 g/mol. The molecule has 0 saturated heterocycles. The van der Waals surface area contributed by atoms with Crippen molar-refractivity contribution in [1.29, 1.82) is 5.26 Å². The predicted molar refractivity (Wildman–Crippen MR) is 113 cm³/mol. The zero-order valence-electron chi connectivity index (χ0n) is 16.4. The number of imide groups is 1. The summed E-state index contributed by atoms with van der Waals surface area (Å²) in [7, 11) is 0. The number of H-pyrrole nitrogens is 1. The van der Waals surface area contributed by atoms with E-state index in [0.29, 0.717) is 5.56 Å². The van der Waals surface area contributed by atoms with E-state index in [2.05, 4.69) is 20.7 Å². The van der Waals surface area contributed by atoms with Crippen LogP contribution in [-0.2, 0) is 10.2 Å². The van der Waals surface area contributed by atoms with Crippen LogP contribution in [0.5, 0.6) is 11.6 Å².